The molecule has 0 bridgehead atoms. The van der Waals surface area contributed by atoms with E-state index in [9.17, 15) is 13.8 Å². The standard InChI is InChI=1S/C18H29N3O4S/c1-12(2)10-15(20-17(23)25-18(4,5)6)16(22)21-26(19,24)14-9-7-8-13(3)11-14/h7-9,11-12,15H,10H2,1-6H3,(H,20,23)(H2,19,21,22,24)/t15-,26?/m0/s1. The van der Waals surface area contributed by atoms with Crippen molar-refractivity contribution in [3.05, 3.63) is 29.8 Å². The molecule has 26 heavy (non-hydrogen) atoms. The minimum Gasteiger partial charge on any atom is -0.444 e. The zero-order valence-electron chi connectivity index (χ0n) is 16.2. The molecule has 3 N–H and O–H groups in total. The van der Waals surface area contributed by atoms with E-state index in [1.165, 1.54) is 0 Å². The third kappa shape index (κ3) is 7.53. The maximum Gasteiger partial charge on any atom is 0.408 e. The van der Waals surface area contributed by atoms with E-state index < -0.39 is 33.6 Å². The molecule has 0 aliphatic rings. The molecule has 0 spiro atoms. The molecule has 0 aliphatic heterocycles. The number of nitrogens with two attached hydrogens (primary N) is 1. The molecule has 7 nitrogen and oxygen atoms in total. The van der Waals surface area contributed by atoms with Crippen LogP contribution in [0.5, 0.6) is 0 Å². The van der Waals surface area contributed by atoms with Gasteiger partial charge in [0.25, 0.3) is 5.91 Å². The highest BCUT2D eigenvalue weighted by atomic mass is 32.2. The van der Waals surface area contributed by atoms with E-state index in [-0.39, 0.29) is 10.8 Å². The summed E-state index contributed by atoms with van der Waals surface area (Å²) in [5.74, 6) is -0.638. The molecule has 0 saturated carbocycles. The van der Waals surface area contributed by atoms with E-state index in [1.54, 1.807) is 39.0 Å². The molecule has 0 radical (unpaired) electrons. The van der Waals surface area contributed by atoms with Gasteiger partial charge < -0.3 is 10.1 Å². The number of nitrogens with one attached hydrogen (secondary N) is 1. The van der Waals surface area contributed by atoms with Crippen LogP contribution in [0.2, 0.25) is 0 Å². The van der Waals surface area contributed by atoms with Gasteiger partial charge in [0.1, 0.15) is 21.6 Å². The first-order valence-corrected chi connectivity index (χ1v) is 10.0. The van der Waals surface area contributed by atoms with Gasteiger partial charge in [-0.2, -0.15) is 0 Å². The Morgan fingerprint density at radius 1 is 1.31 bits per heavy atom. The van der Waals surface area contributed by atoms with Crippen molar-refractivity contribution in [2.24, 2.45) is 15.4 Å². The molecule has 1 aromatic carbocycles. The van der Waals surface area contributed by atoms with Gasteiger partial charge in [0.15, 0.2) is 0 Å². The topological polar surface area (TPSA) is 111 Å². The van der Waals surface area contributed by atoms with Crippen LogP contribution in [0.25, 0.3) is 0 Å². The first-order chi connectivity index (χ1) is 11.8. The van der Waals surface area contributed by atoms with Gasteiger partial charge in [0, 0.05) is 0 Å². The monoisotopic (exact) mass is 383 g/mol. The van der Waals surface area contributed by atoms with Crippen LogP contribution < -0.4 is 10.5 Å². The molecule has 0 fully saturated rings. The SMILES string of the molecule is Cc1cccc(S(N)(=O)=NC(=O)[C@H](CC(C)C)NC(=O)OC(C)(C)C)c1. The summed E-state index contributed by atoms with van der Waals surface area (Å²) in [5, 5.41) is 8.31. The average molecular weight is 384 g/mol. The normalized spacial score (nSPS) is 15.1. The van der Waals surface area contributed by atoms with Gasteiger partial charge in [-0.3, -0.25) is 4.79 Å². The molecule has 0 heterocycles. The third-order valence-electron chi connectivity index (χ3n) is 3.25. The van der Waals surface area contributed by atoms with Crippen molar-refractivity contribution >= 4 is 21.9 Å². The second-order valence-corrected chi connectivity index (χ2v) is 9.43. The number of aryl methyl sites for hydroxylation is 1. The van der Waals surface area contributed by atoms with E-state index in [4.69, 9.17) is 9.88 Å². The van der Waals surface area contributed by atoms with Crippen molar-refractivity contribution in [2.75, 3.05) is 0 Å². The van der Waals surface area contributed by atoms with Crippen molar-refractivity contribution in [3.63, 3.8) is 0 Å². The van der Waals surface area contributed by atoms with Crippen molar-refractivity contribution in [1.82, 2.24) is 5.32 Å². The van der Waals surface area contributed by atoms with Gasteiger partial charge in [-0.1, -0.05) is 26.0 Å². The second-order valence-electron chi connectivity index (χ2n) is 7.64. The van der Waals surface area contributed by atoms with Crippen molar-refractivity contribution in [1.29, 1.82) is 0 Å². The van der Waals surface area contributed by atoms with Crippen molar-refractivity contribution in [3.8, 4) is 0 Å². The van der Waals surface area contributed by atoms with Crippen molar-refractivity contribution < 1.29 is 18.5 Å². The Morgan fingerprint density at radius 3 is 2.42 bits per heavy atom. The highest BCUT2D eigenvalue weighted by Gasteiger charge is 2.26. The summed E-state index contributed by atoms with van der Waals surface area (Å²) in [6, 6.07) is 5.75. The van der Waals surface area contributed by atoms with Gasteiger partial charge in [-0.05, 0) is 57.7 Å². The number of hydrogen-bond donors (Lipinski definition) is 2. The number of ether oxygens (including phenoxy) is 1. The molecular formula is C18H29N3O4S. The van der Waals surface area contributed by atoms with Crippen LogP contribution in [0.15, 0.2) is 33.5 Å². The van der Waals surface area contributed by atoms with Gasteiger partial charge in [-0.15, -0.1) is 4.36 Å². The fraction of sp³-hybridized carbons (Fsp3) is 0.556. The number of hydrogen-bond acceptors (Lipinski definition) is 4. The Kier molecular flexibility index (Phi) is 7.35. The van der Waals surface area contributed by atoms with E-state index in [0.717, 1.165) is 5.56 Å². The minimum absolute atomic E-state index is 0.0990. The summed E-state index contributed by atoms with van der Waals surface area (Å²) in [7, 11) is -3.40. The molecule has 146 valence electrons. The molecule has 1 unspecified atom stereocenters. The predicted molar refractivity (Wildman–Crippen MR) is 102 cm³/mol. The fourth-order valence-electron chi connectivity index (χ4n) is 2.19. The van der Waals surface area contributed by atoms with E-state index >= 15 is 0 Å². The van der Waals surface area contributed by atoms with Crippen LogP contribution in [-0.2, 0) is 19.4 Å². The van der Waals surface area contributed by atoms with Gasteiger partial charge in [-0.25, -0.2) is 14.1 Å². The Bertz CT molecular complexity index is 775. The summed E-state index contributed by atoms with van der Waals surface area (Å²) < 4.78 is 21.6. The highest BCUT2D eigenvalue weighted by molar-refractivity contribution is 7.91. The summed E-state index contributed by atoms with van der Waals surface area (Å²) in [5.41, 5.74) is 0.157. The van der Waals surface area contributed by atoms with Crippen LogP contribution in [0.4, 0.5) is 4.79 Å². The zero-order chi connectivity index (χ0) is 20.1. The molecular weight excluding hydrogens is 354 g/mol. The number of nitrogens with zero attached hydrogens (tertiary/aromatic N) is 1. The molecule has 2 atom stereocenters. The number of benzene rings is 1. The highest BCUT2D eigenvalue weighted by Crippen LogP contribution is 2.14. The number of carbonyl (C=O) groups is 2. The van der Waals surface area contributed by atoms with Crippen LogP contribution in [0.1, 0.15) is 46.6 Å². The van der Waals surface area contributed by atoms with Crippen LogP contribution >= 0.6 is 0 Å². The Labute approximate surface area is 156 Å². The van der Waals surface area contributed by atoms with Gasteiger partial charge >= 0.3 is 6.09 Å². The smallest absolute Gasteiger partial charge is 0.408 e. The number of rotatable bonds is 5. The lowest BCUT2D eigenvalue weighted by Gasteiger charge is -2.23. The Hall–Kier alpha value is -1.93. The maximum absolute atomic E-state index is 12.7. The molecule has 8 heteroatoms. The first kappa shape index (κ1) is 22.1. The lowest BCUT2D eigenvalue weighted by molar-refractivity contribution is -0.120. The zero-order valence-corrected chi connectivity index (χ0v) is 17.1. The van der Waals surface area contributed by atoms with E-state index in [2.05, 4.69) is 9.68 Å². The lowest BCUT2D eigenvalue weighted by atomic mass is 10.0. The van der Waals surface area contributed by atoms with E-state index in [0.29, 0.717) is 6.42 Å². The Morgan fingerprint density at radius 2 is 1.92 bits per heavy atom. The van der Waals surface area contributed by atoms with Crippen LogP contribution in [0.3, 0.4) is 0 Å². The lowest BCUT2D eigenvalue weighted by Crippen LogP contribution is -2.44. The molecule has 0 saturated heterocycles. The molecule has 0 aliphatic carbocycles. The summed E-state index contributed by atoms with van der Waals surface area (Å²) in [4.78, 5) is 24.8. The molecule has 1 rings (SSSR count). The number of amides is 2. The van der Waals surface area contributed by atoms with Crippen LogP contribution in [0, 0.1) is 12.8 Å². The third-order valence-corrected chi connectivity index (χ3v) is 4.63. The summed E-state index contributed by atoms with van der Waals surface area (Å²) >= 11 is 0. The van der Waals surface area contributed by atoms with Gasteiger partial charge in [0.2, 0.25) is 0 Å². The maximum atomic E-state index is 12.7. The molecule has 0 aromatic heterocycles. The largest absolute Gasteiger partial charge is 0.444 e. The van der Waals surface area contributed by atoms with E-state index in [1.807, 2.05) is 26.8 Å². The van der Waals surface area contributed by atoms with Gasteiger partial charge in [0.05, 0.1) is 4.90 Å². The first-order valence-electron chi connectivity index (χ1n) is 8.45. The summed E-state index contributed by atoms with van der Waals surface area (Å²) in [6.07, 6.45) is -0.406. The average Bonchev–Trinajstić information content (AvgIpc) is 2.43. The Balaban J connectivity index is 3.08. The number of alkyl carbamates (subject to hydrolysis) is 1. The summed E-state index contributed by atoms with van der Waals surface area (Å²) in [6.45, 7) is 10.8. The quantitative estimate of drug-likeness (QED) is 0.813. The molecule has 1 aromatic rings. The fourth-order valence-corrected chi connectivity index (χ4v) is 3.32. The molecule has 2 amide bonds. The van der Waals surface area contributed by atoms with Crippen molar-refractivity contribution in [2.45, 2.75) is 64.5 Å². The minimum atomic E-state index is -3.40. The number of carbonyl (C=O) groups excluding carboxylic acids is 2. The second kappa shape index (κ2) is 8.64. The predicted octanol–water partition coefficient (Wildman–Crippen LogP) is 3.16. The van der Waals surface area contributed by atoms with Crippen LogP contribution in [-0.4, -0.2) is 27.9 Å².